The summed E-state index contributed by atoms with van der Waals surface area (Å²) < 4.78 is 5.36. The molecule has 4 heteroatoms. The Hall–Kier alpha value is -1.00. The molecule has 80 valence electrons. The van der Waals surface area contributed by atoms with Gasteiger partial charge < -0.3 is 9.52 Å². The van der Waals surface area contributed by atoms with E-state index in [0.717, 1.165) is 16.7 Å². The molecular formula is C11H13NO2S. The van der Waals surface area contributed by atoms with Gasteiger partial charge in [0.2, 0.25) is 0 Å². The molecule has 2 rings (SSSR count). The second-order valence-electron chi connectivity index (χ2n) is 3.43. The van der Waals surface area contributed by atoms with E-state index in [0.29, 0.717) is 11.6 Å². The number of nitrogens with zero attached hydrogens (tertiary/aromatic N) is 1. The third-order valence-electron chi connectivity index (χ3n) is 2.23. The summed E-state index contributed by atoms with van der Waals surface area (Å²) in [4.78, 5) is 4.23. The first kappa shape index (κ1) is 10.5. The van der Waals surface area contributed by atoms with Gasteiger partial charge in [-0.05, 0) is 24.0 Å². The molecule has 0 fully saturated rings. The zero-order valence-electron chi connectivity index (χ0n) is 8.73. The highest BCUT2D eigenvalue weighted by atomic mass is 32.2. The van der Waals surface area contributed by atoms with Crippen molar-refractivity contribution in [3.05, 3.63) is 29.7 Å². The van der Waals surface area contributed by atoms with Crippen molar-refractivity contribution < 1.29 is 9.52 Å². The van der Waals surface area contributed by atoms with E-state index < -0.39 is 6.10 Å². The van der Waals surface area contributed by atoms with E-state index in [2.05, 4.69) is 4.98 Å². The Kier molecular flexibility index (Phi) is 2.98. The lowest BCUT2D eigenvalue weighted by Gasteiger charge is -2.08. The van der Waals surface area contributed by atoms with Crippen LogP contribution in [0.2, 0.25) is 0 Å². The average molecular weight is 223 g/mol. The second-order valence-corrected chi connectivity index (χ2v) is 4.34. The SMILES string of the molecule is CSCC(O)c1ccc2oc(C)nc2c1. The number of thioether (sulfide) groups is 1. The maximum absolute atomic E-state index is 9.81. The molecule has 3 nitrogen and oxygen atoms in total. The molecule has 0 aliphatic carbocycles. The maximum atomic E-state index is 9.81. The van der Waals surface area contributed by atoms with Crippen molar-refractivity contribution in [3.63, 3.8) is 0 Å². The Balaban J connectivity index is 2.37. The van der Waals surface area contributed by atoms with Crippen molar-refractivity contribution in [1.29, 1.82) is 0 Å². The van der Waals surface area contributed by atoms with Gasteiger partial charge in [0.15, 0.2) is 11.5 Å². The molecule has 0 radical (unpaired) electrons. The summed E-state index contributed by atoms with van der Waals surface area (Å²) in [5.74, 6) is 1.35. The van der Waals surface area contributed by atoms with Crippen molar-refractivity contribution in [2.45, 2.75) is 13.0 Å². The minimum absolute atomic E-state index is 0.429. The number of aryl methyl sites for hydroxylation is 1. The molecule has 1 unspecified atom stereocenters. The number of fused-ring (bicyclic) bond motifs is 1. The first-order valence-electron chi connectivity index (χ1n) is 4.75. The monoisotopic (exact) mass is 223 g/mol. The normalized spacial score (nSPS) is 13.3. The van der Waals surface area contributed by atoms with Gasteiger partial charge in [-0.25, -0.2) is 4.98 Å². The van der Waals surface area contributed by atoms with E-state index in [9.17, 15) is 5.11 Å². The third kappa shape index (κ3) is 2.16. The van der Waals surface area contributed by atoms with Crippen molar-refractivity contribution >= 4 is 22.9 Å². The molecule has 1 N–H and O–H groups in total. The van der Waals surface area contributed by atoms with Crippen LogP contribution in [0.5, 0.6) is 0 Å². The van der Waals surface area contributed by atoms with E-state index in [-0.39, 0.29) is 0 Å². The average Bonchev–Trinajstić information content (AvgIpc) is 2.57. The van der Waals surface area contributed by atoms with Crippen molar-refractivity contribution in [3.8, 4) is 0 Å². The van der Waals surface area contributed by atoms with Crippen LogP contribution in [0.3, 0.4) is 0 Å². The van der Waals surface area contributed by atoms with Gasteiger partial charge in [0, 0.05) is 12.7 Å². The van der Waals surface area contributed by atoms with Crippen LogP contribution in [-0.2, 0) is 0 Å². The minimum atomic E-state index is -0.429. The lowest BCUT2D eigenvalue weighted by Crippen LogP contribution is -1.99. The summed E-state index contributed by atoms with van der Waals surface area (Å²) in [5.41, 5.74) is 2.47. The highest BCUT2D eigenvalue weighted by Crippen LogP contribution is 2.22. The number of aromatic nitrogens is 1. The lowest BCUT2D eigenvalue weighted by atomic mass is 10.1. The molecule has 1 atom stereocenters. The first-order chi connectivity index (χ1) is 7.20. The zero-order valence-corrected chi connectivity index (χ0v) is 9.54. The number of rotatable bonds is 3. The van der Waals surface area contributed by atoms with Gasteiger partial charge >= 0.3 is 0 Å². The zero-order chi connectivity index (χ0) is 10.8. The molecular weight excluding hydrogens is 210 g/mol. The Bertz CT molecular complexity index is 467. The Morgan fingerprint density at radius 2 is 2.33 bits per heavy atom. The smallest absolute Gasteiger partial charge is 0.192 e. The summed E-state index contributed by atoms with van der Waals surface area (Å²) in [6.07, 6.45) is 1.54. The summed E-state index contributed by atoms with van der Waals surface area (Å²) in [5, 5.41) is 9.81. The van der Waals surface area contributed by atoms with Crippen molar-refractivity contribution in [2.24, 2.45) is 0 Å². The van der Waals surface area contributed by atoms with Gasteiger partial charge in [-0.3, -0.25) is 0 Å². The number of hydrogen-bond donors (Lipinski definition) is 1. The third-order valence-corrected chi connectivity index (χ3v) is 2.88. The quantitative estimate of drug-likeness (QED) is 0.868. The molecule has 1 aromatic heterocycles. The van der Waals surface area contributed by atoms with Gasteiger partial charge in [-0.2, -0.15) is 11.8 Å². The molecule has 2 aromatic rings. The van der Waals surface area contributed by atoms with Crippen LogP contribution in [0.15, 0.2) is 22.6 Å². The molecule has 0 aliphatic heterocycles. The van der Waals surface area contributed by atoms with Crippen LogP contribution < -0.4 is 0 Å². The Labute approximate surface area is 92.5 Å². The summed E-state index contributed by atoms with van der Waals surface area (Å²) in [6.45, 7) is 1.82. The predicted molar refractivity (Wildman–Crippen MR) is 62.1 cm³/mol. The van der Waals surface area contributed by atoms with E-state index in [1.165, 1.54) is 0 Å². The first-order valence-corrected chi connectivity index (χ1v) is 6.14. The number of hydrogen-bond acceptors (Lipinski definition) is 4. The van der Waals surface area contributed by atoms with E-state index in [1.807, 2.05) is 31.4 Å². The van der Waals surface area contributed by atoms with Crippen LogP contribution in [0.25, 0.3) is 11.1 Å². The molecule has 0 spiro atoms. The summed E-state index contributed by atoms with van der Waals surface area (Å²) >= 11 is 1.62. The van der Waals surface area contributed by atoms with Crippen LogP contribution in [0.1, 0.15) is 17.6 Å². The molecule has 1 heterocycles. The van der Waals surface area contributed by atoms with Crippen LogP contribution in [-0.4, -0.2) is 22.1 Å². The summed E-state index contributed by atoms with van der Waals surface area (Å²) in [6, 6.07) is 5.62. The topological polar surface area (TPSA) is 46.3 Å². The molecule has 0 amide bonds. The molecule has 0 aliphatic rings. The van der Waals surface area contributed by atoms with Gasteiger partial charge in [-0.1, -0.05) is 6.07 Å². The highest BCUT2D eigenvalue weighted by Gasteiger charge is 2.09. The van der Waals surface area contributed by atoms with Crippen LogP contribution in [0.4, 0.5) is 0 Å². The standard InChI is InChI=1S/C11H13NO2S/c1-7-12-9-5-8(10(13)6-15-2)3-4-11(9)14-7/h3-5,10,13H,6H2,1-2H3. The van der Waals surface area contributed by atoms with Gasteiger partial charge in [-0.15, -0.1) is 0 Å². The number of oxazole rings is 1. The van der Waals surface area contributed by atoms with Gasteiger partial charge in [0.25, 0.3) is 0 Å². The Morgan fingerprint density at radius 3 is 3.07 bits per heavy atom. The number of aliphatic hydroxyl groups excluding tert-OH is 1. The fourth-order valence-electron chi connectivity index (χ4n) is 1.52. The molecule has 1 aromatic carbocycles. The molecule has 0 bridgehead atoms. The number of aliphatic hydroxyl groups is 1. The largest absolute Gasteiger partial charge is 0.441 e. The minimum Gasteiger partial charge on any atom is -0.441 e. The fourth-order valence-corrected chi connectivity index (χ4v) is 2.03. The molecule has 15 heavy (non-hydrogen) atoms. The predicted octanol–water partition coefficient (Wildman–Crippen LogP) is 2.53. The maximum Gasteiger partial charge on any atom is 0.192 e. The lowest BCUT2D eigenvalue weighted by molar-refractivity contribution is 0.204. The van der Waals surface area contributed by atoms with E-state index in [1.54, 1.807) is 11.8 Å². The second kappa shape index (κ2) is 4.24. The molecule has 0 saturated heterocycles. The fraction of sp³-hybridized carbons (Fsp3) is 0.364. The Morgan fingerprint density at radius 1 is 1.53 bits per heavy atom. The van der Waals surface area contributed by atoms with E-state index in [4.69, 9.17) is 4.42 Å². The highest BCUT2D eigenvalue weighted by molar-refractivity contribution is 7.98. The molecule has 0 saturated carbocycles. The van der Waals surface area contributed by atoms with Crippen LogP contribution >= 0.6 is 11.8 Å². The van der Waals surface area contributed by atoms with Gasteiger partial charge in [0.1, 0.15) is 5.52 Å². The van der Waals surface area contributed by atoms with Crippen LogP contribution in [0, 0.1) is 6.92 Å². The van der Waals surface area contributed by atoms with Crippen molar-refractivity contribution in [2.75, 3.05) is 12.0 Å². The number of benzene rings is 1. The summed E-state index contributed by atoms with van der Waals surface area (Å²) in [7, 11) is 0. The van der Waals surface area contributed by atoms with Crippen molar-refractivity contribution in [1.82, 2.24) is 4.98 Å². The van der Waals surface area contributed by atoms with Gasteiger partial charge in [0.05, 0.1) is 6.10 Å². The van der Waals surface area contributed by atoms with E-state index >= 15 is 0 Å².